The highest BCUT2D eigenvalue weighted by Gasteiger charge is 2.12. The number of aromatic nitrogens is 1. The van der Waals surface area contributed by atoms with Crippen LogP contribution in [0.3, 0.4) is 0 Å². The Bertz CT molecular complexity index is 418. The summed E-state index contributed by atoms with van der Waals surface area (Å²) >= 11 is 0. The van der Waals surface area contributed by atoms with Crippen LogP contribution in [-0.2, 0) is 0 Å². The van der Waals surface area contributed by atoms with Crippen LogP contribution in [-0.4, -0.2) is 23.5 Å². The Labute approximate surface area is 116 Å². The van der Waals surface area contributed by atoms with Gasteiger partial charge in [0.2, 0.25) is 0 Å². The van der Waals surface area contributed by atoms with Crippen molar-refractivity contribution in [2.24, 2.45) is 0 Å². The van der Waals surface area contributed by atoms with E-state index in [1.54, 1.807) is 0 Å². The van der Waals surface area contributed by atoms with Gasteiger partial charge in [0, 0.05) is 23.8 Å². The minimum atomic E-state index is -0.00930. The number of carbonyl (C=O) groups is 1. The molecule has 0 bridgehead atoms. The van der Waals surface area contributed by atoms with Crippen LogP contribution in [0.5, 0.6) is 0 Å². The van der Waals surface area contributed by atoms with Crippen LogP contribution in [0.4, 0.5) is 5.82 Å². The topological polar surface area (TPSA) is 54.0 Å². The van der Waals surface area contributed by atoms with Crippen molar-refractivity contribution in [2.75, 3.05) is 11.9 Å². The summed E-state index contributed by atoms with van der Waals surface area (Å²) in [7, 11) is 0. The van der Waals surface area contributed by atoms with Gasteiger partial charge < -0.3 is 10.6 Å². The first kappa shape index (κ1) is 15.5. The molecule has 4 heteroatoms. The molecular formula is C15H25N3O. The minimum Gasteiger partial charge on any atom is -0.370 e. The highest BCUT2D eigenvalue weighted by atomic mass is 16.1. The molecule has 1 amide bonds. The van der Waals surface area contributed by atoms with Crippen LogP contribution in [0.25, 0.3) is 0 Å². The summed E-state index contributed by atoms with van der Waals surface area (Å²) in [5, 5.41) is 6.23. The van der Waals surface area contributed by atoms with Crippen molar-refractivity contribution >= 4 is 11.7 Å². The molecule has 0 saturated heterocycles. The number of hydrogen-bond donors (Lipinski definition) is 2. The van der Waals surface area contributed by atoms with Gasteiger partial charge in [-0.2, -0.15) is 0 Å². The van der Waals surface area contributed by atoms with E-state index < -0.39 is 0 Å². The maximum atomic E-state index is 12.2. The lowest BCUT2D eigenvalue weighted by molar-refractivity contribution is 0.0933. The predicted octanol–water partition coefficient (Wildman–Crippen LogP) is 3.13. The fraction of sp³-hybridized carbons (Fsp3) is 0.600. The lowest BCUT2D eigenvalue weighted by Crippen LogP contribution is -2.34. The Morgan fingerprint density at radius 1 is 1.32 bits per heavy atom. The number of hydrogen-bond acceptors (Lipinski definition) is 3. The van der Waals surface area contributed by atoms with E-state index in [1.165, 1.54) is 0 Å². The molecule has 0 aliphatic carbocycles. The lowest BCUT2D eigenvalue weighted by atomic mass is 10.1. The van der Waals surface area contributed by atoms with Crippen LogP contribution in [0, 0.1) is 6.92 Å². The van der Waals surface area contributed by atoms with Crippen molar-refractivity contribution in [3.05, 3.63) is 23.4 Å². The molecule has 1 rings (SSSR count). The predicted molar refractivity (Wildman–Crippen MR) is 79.6 cm³/mol. The van der Waals surface area contributed by atoms with E-state index in [9.17, 15) is 4.79 Å². The minimum absolute atomic E-state index is 0.00930. The Morgan fingerprint density at radius 2 is 2.05 bits per heavy atom. The second-order valence-corrected chi connectivity index (χ2v) is 4.78. The number of anilines is 1. The van der Waals surface area contributed by atoms with Crippen molar-refractivity contribution < 1.29 is 4.79 Å². The molecule has 0 saturated carbocycles. The first-order valence-electron chi connectivity index (χ1n) is 7.14. The third kappa shape index (κ3) is 4.89. The van der Waals surface area contributed by atoms with Gasteiger partial charge in [-0.1, -0.05) is 20.3 Å². The molecule has 4 nitrogen and oxygen atoms in total. The van der Waals surface area contributed by atoms with Gasteiger partial charge in [0.05, 0.1) is 0 Å². The summed E-state index contributed by atoms with van der Waals surface area (Å²) < 4.78 is 0. The van der Waals surface area contributed by atoms with E-state index in [0.717, 1.165) is 37.3 Å². The number of rotatable bonds is 7. The molecule has 0 spiro atoms. The van der Waals surface area contributed by atoms with E-state index >= 15 is 0 Å². The molecule has 1 heterocycles. The third-order valence-electron chi connectivity index (χ3n) is 3.04. The molecule has 19 heavy (non-hydrogen) atoms. The van der Waals surface area contributed by atoms with E-state index in [1.807, 2.05) is 26.0 Å². The van der Waals surface area contributed by atoms with Crippen molar-refractivity contribution in [3.63, 3.8) is 0 Å². The average molecular weight is 263 g/mol. The molecule has 1 unspecified atom stereocenters. The SMILES string of the molecule is CCCC(CC)NC(=O)c1cc(C)nc(NCC)c1. The maximum Gasteiger partial charge on any atom is 0.251 e. The Morgan fingerprint density at radius 3 is 2.63 bits per heavy atom. The summed E-state index contributed by atoms with van der Waals surface area (Å²) in [5.74, 6) is 0.751. The van der Waals surface area contributed by atoms with E-state index in [0.29, 0.717) is 5.56 Å². The van der Waals surface area contributed by atoms with Crippen molar-refractivity contribution in [3.8, 4) is 0 Å². The van der Waals surface area contributed by atoms with Gasteiger partial charge in [-0.3, -0.25) is 4.79 Å². The zero-order valence-electron chi connectivity index (χ0n) is 12.4. The van der Waals surface area contributed by atoms with Crippen molar-refractivity contribution in [1.29, 1.82) is 0 Å². The first-order chi connectivity index (χ1) is 9.10. The van der Waals surface area contributed by atoms with Gasteiger partial charge in [-0.25, -0.2) is 4.98 Å². The largest absolute Gasteiger partial charge is 0.370 e. The molecule has 1 atom stereocenters. The van der Waals surface area contributed by atoms with Crippen LogP contribution in [0.1, 0.15) is 56.1 Å². The summed E-state index contributed by atoms with van der Waals surface area (Å²) in [4.78, 5) is 16.6. The van der Waals surface area contributed by atoms with Crippen LogP contribution >= 0.6 is 0 Å². The van der Waals surface area contributed by atoms with Crippen LogP contribution in [0.2, 0.25) is 0 Å². The van der Waals surface area contributed by atoms with E-state index in [2.05, 4.69) is 29.5 Å². The monoisotopic (exact) mass is 263 g/mol. The summed E-state index contributed by atoms with van der Waals surface area (Å²) in [6.45, 7) is 8.95. The molecular weight excluding hydrogens is 238 g/mol. The summed E-state index contributed by atoms with van der Waals surface area (Å²) in [6.07, 6.45) is 3.06. The zero-order chi connectivity index (χ0) is 14.3. The molecule has 0 aliphatic heterocycles. The van der Waals surface area contributed by atoms with Gasteiger partial charge in [0.25, 0.3) is 5.91 Å². The van der Waals surface area contributed by atoms with Gasteiger partial charge in [0.15, 0.2) is 0 Å². The smallest absolute Gasteiger partial charge is 0.251 e. The van der Waals surface area contributed by atoms with Crippen LogP contribution < -0.4 is 10.6 Å². The number of nitrogens with one attached hydrogen (secondary N) is 2. The quantitative estimate of drug-likeness (QED) is 0.794. The molecule has 2 N–H and O–H groups in total. The molecule has 0 aliphatic rings. The van der Waals surface area contributed by atoms with Crippen molar-refractivity contribution in [2.45, 2.75) is 53.0 Å². The zero-order valence-corrected chi connectivity index (χ0v) is 12.4. The number of aryl methyl sites for hydroxylation is 1. The fourth-order valence-electron chi connectivity index (χ4n) is 2.07. The number of amides is 1. The van der Waals surface area contributed by atoms with Gasteiger partial charge in [-0.15, -0.1) is 0 Å². The summed E-state index contributed by atoms with van der Waals surface area (Å²) in [6, 6.07) is 3.90. The van der Waals surface area contributed by atoms with Crippen LogP contribution in [0.15, 0.2) is 12.1 Å². The van der Waals surface area contributed by atoms with Gasteiger partial charge in [-0.05, 0) is 38.8 Å². The Hall–Kier alpha value is -1.58. The highest BCUT2D eigenvalue weighted by molar-refractivity contribution is 5.95. The Kier molecular flexibility index (Phi) is 6.33. The number of pyridine rings is 1. The van der Waals surface area contributed by atoms with Gasteiger partial charge in [0.1, 0.15) is 5.82 Å². The standard InChI is InChI=1S/C15H25N3O/c1-5-8-13(6-2)18-15(19)12-9-11(4)17-14(10-12)16-7-3/h9-10,13H,5-8H2,1-4H3,(H,16,17)(H,18,19). The van der Waals surface area contributed by atoms with E-state index in [4.69, 9.17) is 0 Å². The molecule has 0 aromatic carbocycles. The van der Waals surface area contributed by atoms with Crippen molar-refractivity contribution in [1.82, 2.24) is 10.3 Å². The second kappa shape index (κ2) is 7.77. The number of carbonyl (C=O) groups excluding carboxylic acids is 1. The summed E-state index contributed by atoms with van der Waals surface area (Å²) in [5.41, 5.74) is 1.53. The molecule has 106 valence electrons. The highest BCUT2D eigenvalue weighted by Crippen LogP contribution is 2.11. The normalized spacial score (nSPS) is 12.0. The van der Waals surface area contributed by atoms with E-state index in [-0.39, 0.29) is 11.9 Å². The third-order valence-corrected chi connectivity index (χ3v) is 3.04. The average Bonchev–Trinajstić information content (AvgIpc) is 2.37. The molecule has 1 aromatic heterocycles. The Balaban J connectivity index is 2.80. The molecule has 0 radical (unpaired) electrons. The second-order valence-electron chi connectivity index (χ2n) is 4.78. The molecule has 1 aromatic rings. The van der Waals surface area contributed by atoms with Gasteiger partial charge >= 0.3 is 0 Å². The maximum absolute atomic E-state index is 12.2. The molecule has 0 fully saturated rings. The fourth-order valence-corrected chi connectivity index (χ4v) is 2.07. The lowest BCUT2D eigenvalue weighted by Gasteiger charge is -2.16. The first-order valence-corrected chi connectivity index (χ1v) is 7.14. The number of nitrogens with zero attached hydrogens (tertiary/aromatic N) is 1.